The molecule has 1 amide bonds. The number of rotatable bonds is 5. The van der Waals surface area contributed by atoms with Gasteiger partial charge in [0.1, 0.15) is 0 Å². The zero-order valence-corrected chi connectivity index (χ0v) is 12.2. The average Bonchev–Trinajstić information content (AvgIpc) is 2.26. The molecule has 1 heterocycles. The number of amides is 1. The van der Waals surface area contributed by atoms with Crippen molar-refractivity contribution in [3.63, 3.8) is 0 Å². The summed E-state index contributed by atoms with van der Waals surface area (Å²) in [5, 5.41) is 9.03. The molecular formula is C14H28N2O2. The topological polar surface area (TPSA) is 43.8 Å². The molecule has 1 fully saturated rings. The Bertz CT molecular complexity index is 259. The van der Waals surface area contributed by atoms with E-state index in [0.29, 0.717) is 31.0 Å². The van der Waals surface area contributed by atoms with Gasteiger partial charge < -0.3 is 10.0 Å². The number of piperidine rings is 1. The minimum Gasteiger partial charge on any atom is -0.395 e. The predicted molar refractivity (Wildman–Crippen MR) is 73.3 cm³/mol. The normalized spacial score (nSPS) is 24.9. The summed E-state index contributed by atoms with van der Waals surface area (Å²) in [5.41, 5.74) is 0. The van der Waals surface area contributed by atoms with Gasteiger partial charge in [0.15, 0.2) is 0 Å². The molecule has 0 aromatic carbocycles. The number of hydrogen-bond donors (Lipinski definition) is 1. The highest BCUT2D eigenvalue weighted by atomic mass is 16.3. The summed E-state index contributed by atoms with van der Waals surface area (Å²) in [7, 11) is 0. The molecule has 0 radical (unpaired) electrons. The second kappa shape index (κ2) is 7.10. The first-order chi connectivity index (χ1) is 8.43. The minimum atomic E-state index is 0.109. The highest BCUT2D eigenvalue weighted by molar-refractivity contribution is 5.78. The highest BCUT2D eigenvalue weighted by Crippen LogP contribution is 2.21. The lowest BCUT2D eigenvalue weighted by Crippen LogP contribution is -2.48. The summed E-state index contributed by atoms with van der Waals surface area (Å²) < 4.78 is 0. The number of carbonyl (C=O) groups is 1. The van der Waals surface area contributed by atoms with E-state index in [4.69, 9.17) is 5.11 Å². The van der Waals surface area contributed by atoms with E-state index in [9.17, 15) is 4.79 Å². The van der Waals surface area contributed by atoms with Crippen LogP contribution in [0, 0.1) is 11.8 Å². The maximum absolute atomic E-state index is 12.3. The third-order valence-electron chi connectivity index (χ3n) is 3.68. The summed E-state index contributed by atoms with van der Waals surface area (Å²) in [6, 6.07) is 0.292. The number of aliphatic hydroxyl groups excluding tert-OH is 1. The van der Waals surface area contributed by atoms with E-state index in [0.717, 1.165) is 13.1 Å². The maximum atomic E-state index is 12.3. The molecule has 0 aromatic rings. The van der Waals surface area contributed by atoms with Crippen LogP contribution in [0.25, 0.3) is 0 Å². The van der Waals surface area contributed by atoms with Crippen molar-refractivity contribution >= 4 is 5.91 Å². The first-order valence-electron chi connectivity index (χ1n) is 7.06. The van der Waals surface area contributed by atoms with Gasteiger partial charge in [0, 0.05) is 25.7 Å². The second-order valence-electron chi connectivity index (χ2n) is 6.03. The quantitative estimate of drug-likeness (QED) is 0.803. The van der Waals surface area contributed by atoms with Gasteiger partial charge in [0.05, 0.1) is 13.2 Å². The lowest BCUT2D eigenvalue weighted by Gasteiger charge is -2.36. The van der Waals surface area contributed by atoms with E-state index in [-0.39, 0.29) is 12.5 Å². The second-order valence-corrected chi connectivity index (χ2v) is 6.03. The fraction of sp³-hybridized carbons (Fsp3) is 0.929. The molecule has 1 rings (SSSR count). The van der Waals surface area contributed by atoms with E-state index >= 15 is 0 Å². The SMILES string of the molecule is CC1CC(C)CN(C(=O)CN(CCO)C(C)C)C1. The highest BCUT2D eigenvalue weighted by Gasteiger charge is 2.26. The van der Waals surface area contributed by atoms with Crippen LogP contribution in [0.5, 0.6) is 0 Å². The molecule has 106 valence electrons. The lowest BCUT2D eigenvalue weighted by molar-refractivity contribution is -0.135. The summed E-state index contributed by atoms with van der Waals surface area (Å²) >= 11 is 0. The Hall–Kier alpha value is -0.610. The molecular weight excluding hydrogens is 228 g/mol. The van der Waals surface area contributed by atoms with E-state index < -0.39 is 0 Å². The van der Waals surface area contributed by atoms with Crippen molar-refractivity contribution in [2.45, 2.75) is 40.2 Å². The van der Waals surface area contributed by atoms with Crippen LogP contribution < -0.4 is 0 Å². The molecule has 1 aliphatic heterocycles. The summed E-state index contributed by atoms with van der Waals surface area (Å²) in [4.78, 5) is 16.3. The summed E-state index contributed by atoms with van der Waals surface area (Å²) in [6.07, 6.45) is 1.22. The van der Waals surface area contributed by atoms with Crippen LogP contribution in [0.4, 0.5) is 0 Å². The largest absolute Gasteiger partial charge is 0.395 e. The van der Waals surface area contributed by atoms with Crippen molar-refractivity contribution in [1.29, 1.82) is 0 Å². The average molecular weight is 256 g/mol. The molecule has 4 nitrogen and oxygen atoms in total. The van der Waals surface area contributed by atoms with Crippen LogP contribution in [0.1, 0.15) is 34.1 Å². The monoisotopic (exact) mass is 256 g/mol. The van der Waals surface area contributed by atoms with E-state index in [1.807, 2.05) is 9.80 Å². The molecule has 0 aromatic heterocycles. The van der Waals surface area contributed by atoms with Gasteiger partial charge >= 0.3 is 0 Å². The fourth-order valence-corrected chi connectivity index (χ4v) is 2.79. The van der Waals surface area contributed by atoms with Gasteiger partial charge in [-0.3, -0.25) is 9.69 Å². The third kappa shape index (κ3) is 4.58. The molecule has 0 spiro atoms. The van der Waals surface area contributed by atoms with E-state index in [1.54, 1.807) is 0 Å². The van der Waals surface area contributed by atoms with Crippen molar-refractivity contribution in [3.8, 4) is 0 Å². The Morgan fingerprint density at radius 1 is 1.33 bits per heavy atom. The third-order valence-corrected chi connectivity index (χ3v) is 3.68. The number of hydrogen-bond acceptors (Lipinski definition) is 3. The Balaban J connectivity index is 2.52. The molecule has 0 aliphatic carbocycles. The van der Waals surface area contributed by atoms with Crippen LogP contribution in [-0.2, 0) is 4.79 Å². The molecule has 2 atom stereocenters. The van der Waals surface area contributed by atoms with Crippen LogP contribution in [-0.4, -0.2) is 59.6 Å². The number of carbonyl (C=O) groups excluding carboxylic acids is 1. The van der Waals surface area contributed by atoms with Crippen LogP contribution >= 0.6 is 0 Å². The van der Waals surface area contributed by atoms with Crippen LogP contribution in [0.15, 0.2) is 0 Å². The first-order valence-corrected chi connectivity index (χ1v) is 7.06. The molecule has 1 aliphatic rings. The fourth-order valence-electron chi connectivity index (χ4n) is 2.79. The standard InChI is InChI=1S/C14H28N2O2/c1-11(2)15(5-6-17)10-14(18)16-8-12(3)7-13(4)9-16/h11-13,17H,5-10H2,1-4H3. The Labute approximate surface area is 111 Å². The van der Waals surface area contributed by atoms with Gasteiger partial charge in [-0.2, -0.15) is 0 Å². The Kier molecular flexibility index (Phi) is 6.09. The van der Waals surface area contributed by atoms with Gasteiger partial charge in [-0.15, -0.1) is 0 Å². The first kappa shape index (κ1) is 15.4. The Morgan fingerprint density at radius 2 is 1.89 bits per heavy atom. The van der Waals surface area contributed by atoms with Gasteiger partial charge in [0.2, 0.25) is 5.91 Å². The molecule has 1 N–H and O–H groups in total. The minimum absolute atomic E-state index is 0.109. The summed E-state index contributed by atoms with van der Waals surface area (Å²) in [6.45, 7) is 11.4. The van der Waals surface area contributed by atoms with Crippen molar-refractivity contribution in [1.82, 2.24) is 9.80 Å². The molecule has 18 heavy (non-hydrogen) atoms. The zero-order valence-electron chi connectivity index (χ0n) is 12.2. The van der Waals surface area contributed by atoms with Gasteiger partial charge in [-0.1, -0.05) is 13.8 Å². The van der Waals surface area contributed by atoms with Crippen LogP contribution in [0.3, 0.4) is 0 Å². The van der Waals surface area contributed by atoms with Gasteiger partial charge in [-0.25, -0.2) is 0 Å². The van der Waals surface area contributed by atoms with Crippen molar-refractivity contribution in [2.24, 2.45) is 11.8 Å². The van der Waals surface area contributed by atoms with E-state index in [1.165, 1.54) is 6.42 Å². The van der Waals surface area contributed by atoms with Crippen molar-refractivity contribution in [3.05, 3.63) is 0 Å². The molecule has 1 saturated heterocycles. The summed E-state index contributed by atoms with van der Waals surface area (Å²) in [5.74, 6) is 1.40. The van der Waals surface area contributed by atoms with Crippen molar-refractivity contribution in [2.75, 3.05) is 32.8 Å². The molecule has 0 bridgehead atoms. The van der Waals surface area contributed by atoms with Crippen LogP contribution in [0.2, 0.25) is 0 Å². The molecule has 0 saturated carbocycles. The van der Waals surface area contributed by atoms with E-state index in [2.05, 4.69) is 27.7 Å². The molecule has 2 unspecified atom stereocenters. The predicted octanol–water partition coefficient (Wildman–Crippen LogP) is 1.19. The Morgan fingerprint density at radius 3 is 2.33 bits per heavy atom. The number of nitrogens with zero attached hydrogens (tertiary/aromatic N) is 2. The van der Waals surface area contributed by atoms with Crippen molar-refractivity contribution < 1.29 is 9.90 Å². The number of aliphatic hydroxyl groups is 1. The van der Waals surface area contributed by atoms with Gasteiger partial charge in [-0.05, 0) is 32.1 Å². The zero-order chi connectivity index (χ0) is 13.7. The smallest absolute Gasteiger partial charge is 0.236 e. The lowest BCUT2D eigenvalue weighted by atomic mass is 9.92. The molecule has 4 heteroatoms. The number of likely N-dealkylation sites (tertiary alicyclic amines) is 1. The van der Waals surface area contributed by atoms with Gasteiger partial charge in [0.25, 0.3) is 0 Å². The maximum Gasteiger partial charge on any atom is 0.236 e.